The Labute approximate surface area is 172 Å². The molecule has 29 heavy (non-hydrogen) atoms. The normalized spacial score (nSPS) is 11.5. The molecule has 142 valence electrons. The number of hydrogen-bond acceptors (Lipinski definition) is 6. The Morgan fingerprint density at radius 2 is 1.76 bits per heavy atom. The molecule has 6 heteroatoms. The number of thioether (sulfide) groups is 1. The Hall–Kier alpha value is -3.43. The van der Waals surface area contributed by atoms with Crippen LogP contribution in [0, 0.1) is 11.3 Å². The van der Waals surface area contributed by atoms with Crippen LogP contribution in [0.4, 0.5) is 0 Å². The van der Waals surface area contributed by atoms with Gasteiger partial charge >= 0.3 is 5.97 Å². The lowest BCUT2D eigenvalue weighted by Crippen LogP contribution is -2.08. The van der Waals surface area contributed by atoms with Crippen LogP contribution in [-0.4, -0.2) is 29.1 Å². The molecule has 1 aromatic heterocycles. The van der Waals surface area contributed by atoms with Crippen molar-refractivity contribution >= 4 is 23.5 Å². The third kappa shape index (κ3) is 3.30. The summed E-state index contributed by atoms with van der Waals surface area (Å²) in [6.07, 6.45) is 0. The van der Waals surface area contributed by atoms with E-state index in [-0.39, 0.29) is 17.5 Å². The van der Waals surface area contributed by atoms with Crippen LogP contribution < -0.4 is 0 Å². The van der Waals surface area contributed by atoms with E-state index in [4.69, 9.17) is 4.74 Å². The molecule has 3 aromatic rings. The molecule has 0 fully saturated rings. The first-order chi connectivity index (χ1) is 14.2. The lowest BCUT2D eigenvalue weighted by atomic mass is 9.94. The SMILES string of the molecule is CCOC(=O)CSc1nc2c(c(-c3ccccc3)c1C#N)C(=O)c1ccccc1-2. The minimum Gasteiger partial charge on any atom is -0.465 e. The molecular weight excluding hydrogens is 384 g/mol. The van der Waals surface area contributed by atoms with Gasteiger partial charge in [-0.2, -0.15) is 5.26 Å². The number of nitrogens with zero attached hydrogens (tertiary/aromatic N) is 2. The summed E-state index contributed by atoms with van der Waals surface area (Å²) in [5, 5.41) is 10.4. The Kier molecular flexibility index (Phi) is 5.15. The fourth-order valence-electron chi connectivity index (χ4n) is 3.43. The highest BCUT2D eigenvalue weighted by atomic mass is 32.2. The van der Waals surface area contributed by atoms with Crippen LogP contribution in [0.25, 0.3) is 22.4 Å². The van der Waals surface area contributed by atoms with Gasteiger partial charge in [-0.05, 0) is 12.5 Å². The first-order valence-corrected chi connectivity index (χ1v) is 10.1. The molecule has 2 aromatic carbocycles. The fourth-order valence-corrected chi connectivity index (χ4v) is 4.22. The summed E-state index contributed by atoms with van der Waals surface area (Å²) in [7, 11) is 0. The number of aromatic nitrogens is 1. The number of nitriles is 1. The highest BCUT2D eigenvalue weighted by molar-refractivity contribution is 7.99. The summed E-state index contributed by atoms with van der Waals surface area (Å²) in [4.78, 5) is 29.7. The summed E-state index contributed by atoms with van der Waals surface area (Å²) >= 11 is 1.15. The average molecular weight is 400 g/mol. The van der Waals surface area contributed by atoms with E-state index in [0.717, 1.165) is 22.9 Å². The predicted octanol–water partition coefficient (Wildman–Crippen LogP) is 4.49. The number of esters is 1. The molecule has 0 aliphatic heterocycles. The standard InChI is InChI=1S/C23H16N2O3S/c1-2-28-18(26)13-29-23-17(12-24)19(14-8-4-3-5-9-14)20-21(25-23)15-10-6-7-11-16(15)22(20)27/h3-11H,2,13H2,1H3. The summed E-state index contributed by atoms with van der Waals surface area (Å²) in [5.74, 6) is -0.472. The maximum atomic E-state index is 13.2. The molecule has 1 heterocycles. The van der Waals surface area contributed by atoms with Gasteiger partial charge in [0, 0.05) is 16.7 Å². The second-order valence-corrected chi connectivity index (χ2v) is 7.30. The van der Waals surface area contributed by atoms with Crippen molar-refractivity contribution in [2.75, 3.05) is 12.4 Å². The lowest BCUT2D eigenvalue weighted by Gasteiger charge is -2.14. The van der Waals surface area contributed by atoms with Gasteiger partial charge in [0.1, 0.15) is 11.1 Å². The summed E-state index contributed by atoms with van der Waals surface area (Å²) in [6, 6.07) is 18.8. The van der Waals surface area contributed by atoms with E-state index in [1.807, 2.05) is 48.5 Å². The second-order valence-electron chi connectivity index (χ2n) is 6.34. The van der Waals surface area contributed by atoms with Gasteiger partial charge in [0.05, 0.1) is 29.2 Å². The summed E-state index contributed by atoms with van der Waals surface area (Å²) < 4.78 is 4.99. The lowest BCUT2D eigenvalue weighted by molar-refractivity contribution is -0.139. The van der Waals surface area contributed by atoms with E-state index in [9.17, 15) is 14.9 Å². The van der Waals surface area contributed by atoms with Gasteiger partial charge in [-0.3, -0.25) is 9.59 Å². The van der Waals surface area contributed by atoms with Gasteiger partial charge in [0.15, 0.2) is 5.78 Å². The van der Waals surface area contributed by atoms with Crippen molar-refractivity contribution < 1.29 is 14.3 Å². The van der Waals surface area contributed by atoms with Gasteiger partial charge in [-0.25, -0.2) is 4.98 Å². The highest BCUT2D eigenvalue weighted by Crippen LogP contribution is 2.44. The minimum atomic E-state index is -0.374. The van der Waals surface area contributed by atoms with E-state index >= 15 is 0 Å². The topological polar surface area (TPSA) is 80.0 Å². The molecule has 0 atom stereocenters. The third-order valence-electron chi connectivity index (χ3n) is 4.62. The Balaban J connectivity index is 1.95. The zero-order valence-electron chi connectivity index (χ0n) is 15.6. The second kappa shape index (κ2) is 7.90. The Morgan fingerprint density at radius 3 is 2.45 bits per heavy atom. The smallest absolute Gasteiger partial charge is 0.316 e. The monoisotopic (exact) mass is 400 g/mol. The largest absolute Gasteiger partial charge is 0.465 e. The number of pyridine rings is 1. The van der Waals surface area contributed by atoms with Crippen LogP contribution >= 0.6 is 11.8 Å². The van der Waals surface area contributed by atoms with Crippen LogP contribution in [0.1, 0.15) is 28.4 Å². The zero-order chi connectivity index (χ0) is 20.4. The van der Waals surface area contributed by atoms with Crippen LogP contribution in [-0.2, 0) is 9.53 Å². The molecule has 4 rings (SSSR count). The molecule has 5 nitrogen and oxygen atoms in total. The van der Waals surface area contributed by atoms with Gasteiger partial charge in [-0.1, -0.05) is 66.4 Å². The number of carbonyl (C=O) groups is 2. The molecule has 0 radical (unpaired) electrons. The van der Waals surface area contributed by atoms with Crippen LogP contribution in [0.15, 0.2) is 59.6 Å². The van der Waals surface area contributed by atoms with Crippen molar-refractivity contribution in [1.29, 1.82) is 5.26 Å². The van der Waals surface area contributed by atoms with Crippen molar-refractivity contribution in [3.8, 4) is 28.5 Å². The highest BCUT2D eigenvalue weighted by Gasteiger charge is 2.34. The summed E-state index contributed by atoms with van der Waals surface area (Å²) in [5.41, 5.74) is 3.93. The molecule has 1 aliphatic rings. The van der Waals surface area contributed by atoms with Crippen molar-refractivity contribution in [3.05, 3.63) is 71.3 Å². The van der Waals surface area contributed by atoms with E-state index < -0.39 is 0 Å². The van der Waals surface area contributed by atoms with E-state index in [1.165, 1.54) is 0 Å². The average Bonchev–Trinajstić information content (AvgIpc) is 3.04. The Morgan fingerprint density at radius 1 is 1.07 bits per heavy atom. The first-order valence-electron chi connectivity index (χ1n) is 9.11. The zero-order valence-corrected chi connectivity index (χ0v) is 16.5. The number of ketones is 1. The fraction of sp³-hybridized carbons (Fsp3) is 0.130. The number of fused-ring (bicyclic) bond motifs is 3. The predicted molar refractivity (Wildman–Crippen MR) is 111 cm³/mol. The Bertz CT molecular complexity index is 1170. The molecule has 0 amide bonds. The molecule has 0 saturated heterocycles. The van der Waals surface area contributed by atoms with Crippen molar-refractivity contribution in [3.63, 3.8) is 0 Å². The molecule has 0 spiro atoms. The van der Waals surface area contributed by atoms with Gasteiger partial charge in [-0.15, -0.1) is 0 Å². The van der Waals surface area contributed by atoms with Crippen molar-refractivity contribution in [2.24, 2.45) is 0 Å². The molecule has 0 bridgehead atoms. The van der Waals surface area contributed by atoms with Crippen LogP contribution in [0.5, 0.6) is 0 Å². The minimum absolute atomic E-state index is 0.0398. The third-order valence-corrected chi connectivity index (χ3v) is 5.57. The van der Waals surface area contributed by atoms with Crippen LogP contribution in [0.2, 0.25) is 0 Å². The molecule has 0 saturated carbocycles. The maximum absolute atomic E-state index is 13.2. The molecule has 0 unspecified atom stereocenters. The van der Waals surface area contributed by atoms with Gasteiger partial charge in [0.25, 0.3) is 0 Å². The van der Waals surface area contributed by atoms with Gasteiger partial charge < -0.3 is 4.74 Å². The molecule has 0 N–H and O–H groups in total. The van der Waals surface area contributed by atoms with E-state index in [2.05, 4.69) is 11.1 Å². The number of rotatable bonds is 5. The number of carbonyl (C=O) groups excluding carboxylic acids is 2. The summed E-state index contributed by atoms with van der Waals surface area (Å²) in [6.45, 7) is 2.03. The van der Waals surface area contributed by atoms with E-state index in [1.54, 1.807) is 13.0 Å². The van der Waals surface area contributed by atoms with E-state index in [0.29, 0.717) is 39.6 Å². The number of ether oxygens (including phenoxy) is 1. The number of benzene rings is 2. The quantitative estimate of drug-likeness (QED) is 0.363. The van der Waals surface area contributed by atoms with Crippen molar-refractivity contribution in [2.45, 2.75) is 11.9 Å². The molecular formula is C23H16N2O3S. The van der Waals surface area contributed by atoms with Crippen LogP contribution in [0.3, 0.4) is 0 Å². The van der Waals surface area contributed by atoms with Gasteiger partial charge in [0.2, 0.25) is 0 Å². The number of hydrogen-bond donors (Lipinski definition) is 0. The maximum Gasteiger partial charge on any atom is 0.316 e. The molecule has 1 aliphatic carbocycles. The first kappa shape index (κ1) is 18.9. The van der Waals surface area contributed by atoms with Crippen molar-refractivity contribution in [1.82, 2.24) is 4.98 Å².